The number of para-hydroxylation sites is 1. The van der Waals surface area contributed by atoms with E-state index in [0.717, 1.165) is 21.8 Å². The zero-order valence-electron chi connectivity index (χ0n) is 11.5. The lowest BCUT2D eigenvalue weighted by Gasteiger charge is -2.06. The summed E-state index contributed by atoms with van der Waals surface area (Å²) in [4.78, 5) is 16.7. The number of rotatable bonds is 3. The molecule has 3 nitrogen and oxygen atoms in total. The van der Waals surface area contributed by atoms with Crippen molar-refractivity contribution in [2.45, 2.75) is 14.4 Å². The second kappa shape index (κ2) is 7.00. The molecule has 1 heterocycles. The highest BCUT2D eigenvalue weighted by Crippen LogP contribution is 2.24. The number of amides is 1. The number of benzene rings is 2. The lowest BCUT2D eigenvalue weighted by molar-refractivity contribution is 0.102. The molecular formula is C18H18N2OS. The van der Waals surface area contributed by atoms with Gasteiger partial charge in [0, 0.05) is 16.6 Å². The molecular weight excluding hydrogens is 292 g/mol. The summed E-state index contributed by atoms with van der Waals surface area (Å²) in [5.41, 5.74) is 3.32. The summed E-state index contributed by atoms with van der Waals surface area (Å²) < 4.78 is 0. The van der Waals surface area contributed by atoms with E-state index in [2.05, 4.69) is 10.3 Å². The SMILES string of the molecule is C.Cc1ccccc1NC(=O)c1csc(-c2ccccc2)n1. The van der Waals surface area contributed by atoms with Crippen molar-refractivity contribution in [1.82, 2.24) is 4.98 Å². The molecule has 0 saturated heterocycles. The van der Waals surface area contributed by atoms with Gasteiger partial charge in [-0.3, -0.25) is 4.79 Å². The van der Waals surface area contributed by atoms with E-state index in [9.17, 15) is 4.79 Å². The fraction of sp³-hybridized carbons (Fsp3) is 0.111. The largest absolute Gasteiger partial charge is 0.320 e. The number of aromatic nitrogens is 1. The van der Waals surface area contributed by atoms with E-state index in [1.165, 1.54) is 11.3 Å². The zero-order valence-corrected chi connectivity index (χ0v) is 12.4. The highest BCUT2D eigenvalue weighted by molar-refractivity contribution is 7.13. The van der Waals surface area contributed by atoms with Gasteiger partial charge >= 0.3 is 0 Å². The topological polar surface area (TPSA) is 42.0 Å². The smallest absolute Gasteiger partial charge is 0.275 e. The van der Waals surface area contributed by atoms with Crippen molar-refractivity contribution in [3.05, 3.63) is 71.2 Å². The molecule has 0 unspecified atom stereocenters. The quantitative estimate of drug-likeness (QED) is 0.739. The van der Waals surface area contributed by atoms with E-state index >= 15 is 0 Å². The molecule has 0 saturated carbocycles. The predicted octanol–water partition coefficient (Wildman–Crippen LogP) is 5.01. The van der Waals surface area contributed by atoms with Gasteiger partial charge in [0.05, 0.1) is 0 Å². The first-order chi connectivity index (χ1) is 10.2. The van der Waals surface area contributed by atoms with Crippen LogP contribution in [-0.2, 0) is 0 Å². The Morgan fingerprint density at radius 3 is 2.45 bits per heavy atom. The molecule has 3 rings (SSSR count). The molecule has 0 aliphatic heterocycles. The van der Waals surface area contributed by atoms with Crippen LogP contribution in [0.5, 0.6) is 0 Å². The molecule has 0 spiro atoms. The van der Waals surface area contributed by atoms with Gasteiger partial charge in [-0.2, -0.15) is 0 Å². The number of hydrogen-bond donors (Lipinski definition) is 1. The van der Waals surface area contributed by atoms with Crippen LogP contribution in [0.15, 0.2) is 60.0 Å². The number of aryl methyl sites for hydroxylation is 1. The van der Waals surface area contributed by atoms with Crippen LogP contribution in [-0.4, -0.2) is 10.9 Å². The van der Waals surface area contributed by atoms with Crippen LogP contribution in [0, 0.1) is 6.92 Å². The van der Waals surface area contributed by atoms with Gasteiger partial charge in [-0.25, -0.2) is 4.98 Å². The summed E-state index contributed by atoms with van der Waals surface area (Å²) in [6.45, 7) is 1.96. The third kappa shape index (κ3) is 3.40. The molecule has 0 atom stereocenters. The van der Waals surface area contributed by atoms with Gasteiger partial charge in [-0.05, 0) is 18.6 Å². The zero-order chi connectivity index (χ0) is 14.7. The van der Waals surface area contributed by atoms with E-state index in [1.807, 2.05) is 61.5 Å². The third-order valence-corrected chi connectivity index (χ3v) is 4.04. The maximum Gasteiger partial charge on any atom is 0.275 e. The monoisotopic (exact) mass is 310 g/mol. The lowest BCUT2D eigenvalue weighted by atomic mass is 10.2. The molecule has 1 N–H and O–H groups in total. The van der Waals surface area contributed by atoms with Crippen LogP contribution in [0.25, 0.3) is 10.6 Å². The van der Waals surface area contributed by atoms with Crippen molar-refractivity contribution in [2.24, 2.45) is 0 Å². The number of carbonyl (C=O) groups is 1. The first-order valence-corrected chi connectivity index (χ1v) is 7.50. The molecule has 0 radical (unpaired) electrons. The van der Waals surface area contributed by atoms with Gasteiger partial charge in [0.2, 0.25) is 0 Å². The van der Waals surface area contributed by atoms with Gasteiger partial charge in [-0.1, -0.05) is 56.0 Å². The molecule has 0 aliphatic rings. The lowest BCUT2D eigenvalue weighted by Crippen LogP contribution is -2.13. The summed E-state index contributed by atoms with van der Waals surface area (Å²) in [5.74, 6) is -0.178. The van der Waals surface area contributed by atoms with Gasteiger partial charge in [0.25, 0.3) is 5.91 Å². The summed E-state index contributed by atoms with van der Waals surface area (Å²) in [7, 11) is 0. The molecule has 1 amide bonds. The fourth-order valence-electron chi connectivity index (χ4n) is 1.99. The van der Waals surface area contributed by atoms with Gasteiger partial charge in [0.1, 0.15) is 10.7 Å². The molecule has 0 bridgehead atoms. The molecule has 3 aromatic rings. The van der Waals surface area contributed by atoms with Gasteiger partial charge < -0.3 is 5.32 Å². The maximum atomic E-state index is 12.2. The van der Waals surface area contributed by atoms with Crippen molar-refractivity contribution >= 4 is 22.9 Å². The van der Waals surface area contributed by atoms with E-state index in [-0.39, 0.29) is 13.3 Å². The Bertz CT molecular complexity index is 766. The Balaban J connectivity index is 0.00000176. The Morgan fingerprint density at radius 1 is 1.05 bits per heavy atom. The number of hydrogen-bond acceptors (Lipinski definition) is 3. The second-order valence-electron chi connectivity index (χ2n) is 4.67. The first kappa shape index (κ1) is 15.9. The standard InChI is InChI=1S/C17H14N2OS.CH4/c1-12-7-5-6-10-14(12)18-16(20)15-11-21-17(19-15)13-8-3-2-4-9-13;/h2-11H,1H3,(H,18,20);1H4. The van der Waals surface area contributed by atoms with Gasteiger partial charge in [-0.15, -0.1) is 11.3 Å². The molecule has 4 heteroatoms. The molecule has 2 aromatic carbocycles. The fourth-order valence-corrected chi connectivity index (χ4v) is 2.80. The summed E-state index contributed by atoms with van der Waals surface area (Å²) >= 11 is 1.47. The van der Waals surface area contributed by atoms with Crippen molar-refractivity contribution in [3.8, 4) is 10.6 Å². The molecule has 1 aromatic heterocycles. The van der Waals surface area contributed by atoms with Crippen LogP contribution in [0.3, 0.4) is 0 Å². The molecule has 112 valence electrons. The Labute approximate surface area is 134 Å². The summed E-state index contributed by atoms with van der Waals surface area (Å²) in [5, 5.41) is 5.54. The number of nitrogens with zero attached hydrogens (tertiary/aromatic N) is 1. The Kier molecular flexibility index (Phi) is 5.07. The van der Waals surface area contributed by atoms with E-state index in [1.54, 1.807) is 5.38 Å². The molecule has 0 fully saturated rings. The van der Waals surface area contributed by atoms with Crippen molar-refractivity contribution < 1.29 is 4.79 Å². The number of carbonyl (C=O) groups excluding carboxylic acids is 1. The van der Waals surface area contributed by atoms with Crippen LogP contribution < -0.4 is 5.32 Å². The molecule has 22 heavy (non-hydrogen) atoms. The van der Waals surface area contributed by atoms with E-state index in [0.29, 0.717) is 5.69 Å². The average Bonchev–Trinajstić information content (AvgIpc) is 3.00. The van der Waals surface area contributed by atoms with E-state index < -0.39 is 0 Å². The van der Waals surface area contributed by atoms with Crippen molar-refractivity contribution in [1.29, 1.82) is 0 Å². The minimum absolute atomic E-state index is 0. The summed E-state index contributed by atoms with van der Waals surface area (Å²) in [6.07, 6.45) is 0. The first-order valence-electron chi connectivity index (χ1n) is 6.62. The number of anilines is 1. The van der Waals surface area contributed by atoms with Crippen LogP contribution in [0.2, 0.25) is 0 Å². The average molecular weight is 310 g/mol. The minimum Gasteiger partial charge on any atom is -0.320 e. The summed E-state index contributed by atoms with van der Waals surface area (Å²) in [6, 6.07) is 17.6. The van der Waals surface area contributed by atoms with Crippen LogP contribution in [0.1, 0.15) is 23.5 Å². The Morgan fingerprint density at radius 2 is 1.73 bits per heavy atom. The van der Waals surface area contributed by atoms with E-state index in [4.69, 9.17) is 0 Å². The predicted molar refractivity (Wildman–Crippen MR) is 93.4 cm³/mol. The number of thiazole rings is 1. The van der Waals surface area contributed by atoms with Crippen LogP contribution in [0.4, 0.5) is 5.69 Å². The van der Waals surface area contributed by atoms with Gasteiger partial charge in [0.15, 0.2) is 0 Å². The van der Waals surface area contributed by atoms with Crippen molar-refractivity contribution in [3.63, 3.8) is 0 Å². The van der Waals surface area contributed by atoms with Crippen molar-refractivity contribution in [2.75, 3.05) is 5.32 Å². The highest BCUT2D eigenvalue weighted by atomic mass is 32.1. The normalized spacial score (nSPS) is 9.86. The number of nitrogens with one attached hydrogen (secondary N) is 1. The minimum atomic E-state index is -0.178. The maximum absolute atomic E-state index is 12.2. The highest BCUT2D eigenvalue weighted by Gasteiger charge is 2.12. The second-order valence-corrected chi connectivity index (χ2v) is 5.53. The third-order valence-electron chi connectivity index (χ3n) is 3.15. The molecule has 0 aliphatic carbocycles. The Hall–Kier alpha value is -2.46. The van der Waals surface area contributed by atoms with Crippen LogP contribution >= 0.6 is 11.3 Å².